The molecule has 0 aliphatic carbocycles. The minimum Gasteiger partial charge on any atom is -0.350 e. The molecule has 2 aromatic heterocycles. The third-order valence-corrected chi connectivity index (χ3v) is 3.24. The highest BCUT2D eigenvalue weighted by Crippen LogP contribution is 2.10. The standard InChI is InChI=1S/C12H15N5O2S/c1-8-7-9(17(2)16-8)11(19)13-4-3-10(18)15-12-14-5-6-20-12/h5-7H,3-4H2,1-2H3,(H,13,19)(H,14,15,18). The molecule has 0 aliphatic rings. The monoisotopic (exact) mass is 293 g/mol. The number of aryl methyl sites for hydroxylation is 2. The van der Waals surface area contributed by atoms with Crippen LogP contribution in [-0.2, 0) is 11.8 Å². The first-order valence-corrected chi connectivity index (χ1v) is 6.92. The largest absolute Gasteiger partial charge is 0.350 e. The lowest BCUT2D eigenvalue weighted by Crippen LogP contribution is -2.29. The van der Waals surface area contributed by atoms with E-state index in [9.17, 15) is 9.59 Å². The summed E-state index contributed by atoms with van der Waals surface area (Å²) in [5.41, 5.74) is 1.25. The molecule has 2 heterocycles. The zero-order valence-electron chi connectivity index (χ0n) is 11.2. The van der Waals surface area contributed by atoms with Crippen molar-refractivity contribution in [3.05, 3.63) is 29.0 Å². The zero-order valence-corrected chi connectivity index (χ0v) is 12.0. The maximum absolute atomic E-state index is 11.9. The number of nitrogens with one attached hydrogen (secondary N) is 2. The Labute approximate surface area is 120 Å². The van der Waals surface area contributed by atoms with Crippen molar-refractivity contribution >= 4 is 28.3 Å². The molecule has 0 unspecified atom stereocenters. The number of hydrogen-bond donors (Lipinski definition) is 2. The highest BCUT2D eigenvalue weighted by atomic mass is 32.1. The SMILES string of the molecule is Cc1cc(C(=O)NCCC(=O)Nc2nccs2)n(C)n1. The molecule has 7 nitrogen and oxygen atoms in total. The predicted molar refractivity (Wildman–Crippen MR) is 75.6 cm³/mol. The fourth-order valence-corrected chi connectivity index (χ4v) is 2.22. The second-order valence-electron chi connectivity index (χ2n) is 4.19. The van der Waals surface area contributed by atoms with Crippen LogP contribution in [0.25, 0.3) is 0 Å². The van der Waals surface area contributed by atoms with Crippen molar-refractivity contribution in [3.8, 4) is 0 Å². The maximum Gasteiger partial charge on any atom is 0.269 e. The molecular weight excluding hydrogens is 278 g/mol. The van der Waals surface area contributed by atoms with Gasteiger partial charge in [0.15, 0.2) is 5.13 Å². The average Bonchev–Trinajstić information content (AvgIpc) is 2.98. The quantitative estimate of drug-likeness (QED) is 0.858. The lowest BCUT2D eigenvalue weighted by Gasteiger charge is -2.05. The summed E-state index contributed by atoms with van der Waals surface area (Å²) in [6, 6.07) is 1.70. The van der Waals surface area contributed by atoms with Crippen LogP contribution >= 0.6 is 11.3 Å². The first-order chi connectivity index (χ1) is 9.56. The summed E-state index contributed by atoms with van der Waals surface area (Å²) in [5.74, 6) is -0.420. The predicted octanol–water partition coefficient (Wildman–Crippen LogP) is 0.944. The number of rotatable bonds is 5. The summed E-state index contributed by atoms with van der Waals surface area (Å²) < 4.78 is 1.51. The third kappa shape index (κ3) is 3.64. The molecule has 2 aromatic rings. The van der Waals surface area contributed by atoms with Crippen molar-refractivity contribution in [3.63, 3.8) is 0 Å². The van der Waals surface area contributed by atoms with Crippen LogP contribution in [0.1, 0.15) is 22.6 Å². The van der Waals surface area contributed by atoms with Crippen LogP contribution in [0.15, 0.2) is 17.6 Å². The van der Waals surface area contributed by atoms with E-state index in [1.807, 2.05) is 6.92 Å². The molecule has 2 N–H and O–H groups in total. The number of nitrogens with zero attached hydrogens (tertiary/aromatic N) is 3. The van der Waals surface area contributed by atoms with Crippen molar-refractivity contribution < 1.29 is 9.59 Å². The minimum atomic E-state index is -0.241. The van der Waals surface area contributed by atoms with Gasteiger partial charge in [0.1, 0.15) is 5.69 Å². The Morgan fingerprint density at radius 2 is 2.25 bits per heavy atom. The molecule has 0 saturated heterocycles. The van der Waals surface area contributed by atoms with Gasteiger partial charge in [-0.1, -0.05) is 0 Å². The summed E-state index contributed by atoms with van der Waals surface area (Å²) in [6.45, 7) is 2.08. The van der Waals surface area contributed by atoms with E-state index in [0.29, 0.717) is 10.8 Å². The summed E-state index contributed by atoms with van der Waals surface area (Å²) in [4.78, 5) is 27.4. The first kappa shape index (κ1) is 14.2. The maximum atomic E-state index is 11.9. The summed E-state index contributed by atoms with van der Waals surface area (Å²) in [7, 11) is 1.71. The van der Waals surface area contributed by atoms with Crippen molar-refractivity contribution in [2.45, 2.75) is 13.3 Å². The third-order valence-electron chi connectivity index (χ3n) is 2.55. The van der Waals surface area contributed by atoms with E-state index >= 15 is 0 Å². The molecule has 0 bridgehead atoms. The number of carbonyl (C=O) groups is 2. The van der Waals surface area contributed by atoms with Crippen molar-refractivity contribution in [2.24, 2.45) is 7.05 Å². The number of anilines is 1. The van der Waals surface area contributed by atoms with Crippen LogP contribution in [0, 0.1) is 6.92 Å². The highest BCUT2D eigenvalue weighted by Gasteiger charge is 2.12. The highest BCUT2D eigenvalue weighted by molar-refractivity contribution is 7.13. The normalized spacial score (nSPS) is 10.3. The van der Waals surface area contributed by atoms with E-state index in [2.05, 4.69) is 20.7 Å². The van der Waals surface area contributed by atoms with Gasteiger partial charge in [0, 0.05) is 31.6 Å². The number of amides is 2. The van der Waals surface area contributed by atoms with Crippen LogP contribution in [0.5, 0.6) is 0 Å². The van der Waals surface area contributed by atoms with E-state index in [1.165, 1.54) is 16.0 Å². The Morgan fingerprint density at radius 3 is 2.85 bits per heavy atom. The van der Waals surface area contributed by atoms with Gasteiger partial charge in [0.05, 0.1) is 5.69 Å². The fourth-order valence-electron chi connectivity index (χ4n) is 1.67. The molecule has 0 atom stereocenters. The second-order valence-corrected chi connectivity index (χ2v) is 5.08. The van der Waals surface area contributed by atoms with E-state index < -0.39 is 0 Å². The van der Waals surface area contributed by atoms with Gasteiger partial charge < -0.3 is 10.6 Å². The molecule has 0 aromatic carbocycles. The Balaban J connectivity index is 1.77. The topological polar surface area (TPSA) is 88.9 Å². The van der Waals surface area contributed by atoms with E-state index in [-0.39, 0.29) is 24.8 Å². The van der Waals surface area contributed by atoms with E-state index in [1.54, 1.807) is 24.7 Å². The average molecular weight is 293 g/mol. The molecule has 0 spiro atoms. The lowest BCUT2D eigenvalue weighted by atomic mass is 10.3. The van der Waals surface area contributed by atoms with Gasteiger partial charge in [0.2, 0.25) is 5.91 Å². The Bertz CT molecular complexity index is 605. The van der Waals surface area contributed by atoms with Crippen LogP contribution < -0.4 is 10.6 Å². The van der Waals surface area contributed by atoms with Gasteiger partial charge in [-0.2, -0.15) is 5.10 Å². The number of aromatic nitrogens is 3. The minimum absolute atomic E-state index is 0.179. The molecule has 106 valence electrons. The van der Waals surface area contributed by atoms with Gasteiger partial charge >= 0.3 is 0 Å². The van der Waals surface area contributed by atoms with Gasteiger partial charge in [0.25, 0.3) is 5.91 Å². The van der Waals surface area contributed by atoms with Crippen molar-refractivity contribution in [1.82, 2.24) is 20.1 Å². The van der Waals surface area contributed by atoms with E-state index in [4.69, 9.17) is 0 Å². The van der Waals surface area contributed by atoms with Gasteiger partial charge in [-0.15, -0.1) is 11.3 Å². The molecule has 0 aliphatic heterocycles. The van der Waals surface area contributed by atoms with Gasteiger partial charge in [-0.25, -0.2) is 4.98 Å². The smallest absolute Gasteiger partial charge is 0.269 e. The molecule has 20 heavy (non-hydrogen) atoms. The first-order valence-electron chi connectivity index (χ1n) is 6.04. The molecule has 0 radical (unpaired) electrons. The van der Waals surface area contributed by atoms with E-state index in [0.717, 1.165) is 5.69 Å². The van der Waals surface area contributed by atoms with Crippen LogP contribution in [-0.4, -0.2) is 33.1 Å². The Hall–Kier alpha value is -2.22. The molecule has 0 fully saturated rings. The van der Waals surface area contributed by atoms with Crippen molar-refractivity contribution in [1.29, 1.82) is 0 Å². The Morgan fingerprint density at radius 1 is 1.45 bits per heavy atom. The summed E-state index contributed by atoms with van der Waals surface area (Å²) >= 11 is 1.35. The van der Waals surface area contributed by atoms with Crippen molar-refractivity contribution in [2.75, 3.05) is 11.9 Å². The van der Waals surface area contributed by atoms with Crippen LogP contribution in [0.4, 0.5) is 5.13 Å². The summed E-state index contributed by atoms with van der Waals surface area (Å²) in [5, 5.41) is 11.8. The number of hydrogen-bond acceptors (Lipinski definition) is 5. The Kier molecular flexibility index (Phi) is 4.46. The molecule has 8 heteroatoms. The number of carbonyl (C=O) groups excluding carboxylic acids is 2. The molecular formula is C12H15N5O2S. The lowest BCUT2D eigenvalue weighted by molar-refractivity contribution is -0.116. The molecule has 0 saturated carbocycles. The van der Waals surface area contributed by atoms with Gasteiger partial charge in [-0.05, 0) is 13.0 Å². The number of thiazole rings is 1. The zero-order chi connectivity index (χ0) is 14.5. The summed E-state index contributed by atoms with van der Waals surface area (Å²) in [6.07, 6.45) is 1.81. The fraction of sp³-hybridized carbons (Fsp3) is 0.333. The second kappa shape index (κ2) is 6.29. The molecule has 2 rings (SSSR count). The van der Waals surface area contributed by atoms with Gasteiger partial charge in [-0.3, -0.25) is 14.3 Å². The molecule has 2 amide bonds. The van der Waals surface area contributed by atoms with Crippen LogP contribution in [0.3, 0.4) is 0 Å². The van der Waals surface area contributed by atoms with Crippen LogP contribution in [0.2, 0.25) is 0 Å².